The van der Waals surface area contributed by atoms with Crippen molar-refractivity contribution in [3.63, 3.8) is 0 Å². The smallest absolute Gasteiger partial charge is 0.230 e. The Labute approximate surface area is 177 Å². The standard InChI is InChI=1S/C23H31FN4O2/c1-13-7-14(2)28(16(8-13)9-23(4,5)12-25)22(29)15(3)17-10-26-21-19(17)20(24)18(30-6)11-27-21/h10-11,13-16H,7-9H2,1-6H3,(H,26,27). The number of aromatic nitrogens is 2. The van der Waals surface area contributed by atoms with E-state index in [-0.39, 0.29) is 23.7 Å². The largest absolute Gasteiger partial charge is 0.492 e. The van der Waals surface area contributed by atoms with E-state index in [4.69, 9.17) is 4.74 Å². The highest BCUT2D eigenvalue weighted by Crippen LogP contribution is 2.38. The first-order valence-corrected chi connectivity index (χ1v) is 10.5. The average molecular weight is 415 g/mol. The third-order valence-electron chi connectivity index (χ3n) is 6.28. The minimum Gasteiger partial charge on any atom is -0.492 e. The van der Waals surface area contributed by atoms with E-state index in [1.165, 1.54) is 13.3 Å². The number of methoxy groups -OCH3 is 1. The summed E-state index contributed by atoms with van der Waals surface area (Å²) in [4.78, 5) is 22.8. The highest BCUT2D eigenvalue weighted by molar-refractivity contribution is 5.91. The van der Waals surface area contributed by atoms with Crippen LogP contribution >= 0.6 is 0 Å². The van der Waals surface area contributed by atoms with Crippen LogP contribution in [0.2, 0.25) is 0 Å². The Morgan fingerprint density at radius 2 is 2.17 bits per heavy atom. The number of carbonyl (C=O) groups excluding carboxylic acids is 1. The number of pyridine rings is 1. The molecule has 3 rings (SSSR count). The minimum absolute atomic E-state index is 0.0175. The zero-order valence-corrected chi connectivity index (χ0v) is 18.6. The van der Waals surface area contributed by atoms with Gasteiger partial charge in [-0.05, 0) is 58.4 Å². The number of carbonyl (C=O) groups is 1. The van der Waals surface area contributed by atoms with Crippen LogP contribution in [0.15, 0.2) is 12.4 Å². The Bertz CT molecular complexity index is 977. The molecule has 30 heavy (non-hydrogen) atoms. The SMILES string of the molecule is COc1cnc2[nH]cc(C(C)C(=O)N3C(C)CC(C)CC3CC(C)(C)C#N)c2c1F. The molecular formula is C23H31FN4O2. The number of piperidine rings is 1. The van der Waals surface area contributed by atoms with E-state index in [1.807, 2.05) is 18.7 Å². The first-order chi connectivity index (χ1) is 14.1. The normalized spacial score (nSPS) is 23.3. The average Bonchev–Trinajstić information content (AvgIpc) is 3.11. The lowest BCUT2D eigenvalue weighted by atomic mass is 9.78. The minimum atomic E-state index is -0.550. The van der Waals surface area contributed by atoms with Gasteiger partial charge in [-0.15, -0.1) is 0 Å². The van der Waals surface area contributed by atoms with Gasteiger partial charge in [0.25, 0.3) is 0 Å². The van der Waals surface area contributed by atoms with E-state index in [1.54, 1.807) is 13.1 Å². The van der Waals surface area contributed by atoms with Gasteiger partial charge < -0.3 is 14.6 Å². The fourth-order valence-corrected chi connectivity index (χ4v) is 4.85. The number of nitrogens with zero attached hydrogens (tertiary/aromatic N) is 3. The maximum absolute atomic E-state index is 15.0. The predicted molar refractivity (Wildman–Crippen MR) is 114 cm³/mol. The molecule has 0 aromatic carbocycles. The van der Waals surface area contributed by atoms with Crippen molar-refractivity contribution < 1.29 is 13.9 Å². The molecule has 1 amide bonds. The van der Waals surface area contributed by atoms with E-state index in [0.717, 1.165) is 12.8 Å². The van der Waals surface area contributed by atoms with Crippen LogP contribution in [-0.2, 0) is 4.79 Å². The number of H-pyrrole nitrogens is 1. The summed E-state index contributed by atoms with van der Waals surface area (Å²) in [6.45, 7) is 9.89. The molecule has 1 fully saturated rings. The highest BCUT2D eigenvalue weighted by atomic mass is 19.1. The monoisotopic (exact) mass is 414 g/mol. The lowest BCUT2D eigenvalue weighted by molar-refractivity contribution is -0.140. The van der Waals surface area contributed by atoms with Crippen molar-refractivity contribution >= 4 is 16.9 Å². The molecule has 3 heterocycles. The van der Waals surface area contributed by atoms with Crippen LogP contribution < -0.4 is 4.74 Å². The molecule has 2 aromatic rings. The van der Waals surface area contributed by atoms with Crippen LogP contribution in [0.4, 0.5) is 4.39 Å². The van der Waals surface area contributed by atoms with Gasteiger partial charge in [0.2, 0.25) is 5.91 Å². The Morgan fingerprint density at radius 3 is 2.80 bits per heavy atom. The van der Waals surface area contributed by atoms with Gasteiger partial charge in [-0.1, -0.05) is 6.92 Å². The van der Waals surface area contributed by atoms with Gasteiger partial charge in [-0.3, -0.25) is 4.79 Å². The number of hydrogen-bond donors (Lipinski definition) is 1. The lowest BCUT2D eigenvalue weighted by Crippen LogP contribution is -2.53. The van der Waals surface area contributed by atoms with E-state index in [2.05, 4.69) is 29.9 Å². The van der Waals surface area contributed by atoms with Crippen molar-refractivity contribution in [2.75, 3.05) is 7.11 Å². The van der Waals surface area contributed by atoms with Crippen molar-refractivity contribution in [1.82, 2.24) is 14.9 Å². The van der Waals surface area contributed by atoms with Crippen LogP contribution in [0.1, 0.15) is 65.4 Å². The summed E-state index contributed by atoms with van der Waals surface area (Å²) in [5, 5.41) is 9.81. The number of aromatic amines is 1. The summed E-state index contributed by atoms with van der Waals surface area (Å²) < 4.78 is 20.0. The van der Waals surface area contributed by atoms with Gasteiger partial charge in [0.1, 0.15) is 5.65 Å². The molecule has 0 radical (unpaired) electrons. The number of hydrogen-bond acceptors (Lipinski definition) is 4. The molecule has 0 spiro atoms. The number of rotatable bonds is 5. The Kier molecular flexibility index (Phi) is 6.07. The number of amides is 1. The van der Waals surface area contributed by atoms with Crippen LogP contribution in [0, 0.1) is 28.5 Å². The fourth-order valence-electron chi connectivity index (χ4n) is 4.85. The molecule has 1 N–H and O–H groups in total. The molecule has 6 nitrogen and oxygen atoms in total. The summed E-state index contributed by atoms with van der Waals surface area (Å²) in [6, 6.07) is 2.41. The van der Waals surface area contributed by atoms with Crippen molar-refractivity contribution in [2.45, 2.75) is 71.9 Å². The van der Waals surface area contributed by atoms with Gasteiger partial charge in [0, 0.05) is 18.3 Å². The molecular weight excluding hydrogens is 383 g/mol. The van der Waals surface area contributed by atoms with E-state index in [9.17, 15) is 14.4 Å². The number of fused-ring (bicyclic) bond motifs is 1. The summed E-state index contributed by atoms with van der Waals surface area (Å²) in [7, 11) is 1.39. The summed E-state index contributed by atoms with van der Waals surface area (Å²) in [6.07, 6.45) is 5.39. The number of nitriles is 1. The van der Waals surface area contributed by atoms with Crippen LogP contribution in [-0.4, -0.2) is 40.0 Å². The van der Waals surface area contributed by atoms with Crippen LogP contribution in [0.25, 0.3) is 11.0 Å². The zero-order chi connectivity index (χ0) is 22.2. The van der Waals surface area contributed by atoms with Crippen LogP contribution in [0.5, 0.6) is 5.75 Å². The number of halogens is 1. The van der Waals surface area contributed by atoms with Gasteiger partial charge >= 0.3 is 0 Å². The maximum atomic E-state index is 15.0. The molecule has 4 unspecified atom stereocenters. The van der Waals surface area contributed by atoms with Crippen molar-refractivity contribution in [1.29, 1.82) is 5.26 Å². The number of nitrogens with one attached hydrogen (secondary N) is 1. The predicted octanol–water partition coefficient (Wildman–Crippen LogP) is 4.77. The third kappa shape index (κ3) is 4.00. The van der Waals surface area contributed by atoms with E-state index >= 15 is 0 Å². The van der Waals surface area contributed by atoms with Gasteiger partial charge in [0.15, 0.2) is 11.6 Å². The molecule has 7 heteroatoms. The molecule has 0 aliphatic carbocycles. The number of ether oxygens (including phenoxy) is 1. The second-order valence-corrected chi connectivity index (χ2v) is 9.35. The van der Waals surface area contributed by atoms with Gasteiger partial charge in [0.05, 0.1) is 36.1 Å². The molecule has 0 saturated carbocycles. The quantitative estimate of drug-likeness (QED) is 0.764. The van der Waals surface area contributed by atoms with Gasteiger partial charge in [-0.25, -0.2) is 9.37 Å². The van der Waals surface area contributed by atoms with E-state index in [0.29, 0.717) is 28.9 Å². The molecule has 0 bridgehead atoms. The second-order valence-electron chi connectivity index (χ2n) is 9.35. The molecule has 1 aliphatic heterocycles. The van der Waals surface area contributed by atoms with Crippen molar-refractivity contribution in [3.05, 3.63) is 23.8 Å². The molecule has 162 valence electrons. The van der Waals surface area contributed by atoms with Crippen molar-refractivity contribution in [2.24, 2.45) is 11.3 Å². The van der Waals surface area contributed by atoms with E-state index < -0.39 is 17.2 Å². The summed E-state index contributed by atoms with van der Waals surface area (Å²) in [5.74, 6) is -0.572. The maximum Gasteiger partial charge on any atom is 0.230 e. The number of likely N-dealkylation sites (tertiary alicyclic amines) is 1. The first-order valence-electron chi connectivity index (χ1n) is 10.5. The van der Waals surface area contributed by atoms with Crippen LogP contribution in [0.3, 0.4) is 0 Å². The molecule has 1 aliphatic rings. The summed E-state index contributed by atoms with van der Waals surface area (Å²) in [5.41, 5.74) is 0.446. The molecule has 2 aromatic heterocycles. The topological polar surface area (TPSA) is 82.0 Å². The first kappa shape index (κ1) is 22.1. The lowest BCUT2D eigenvalue weighted by Gasteiger charge is -2.46. The molecule has 4 atom stereocenters. The molecule has 1 saturated heterocycles. The third-order valence-corrected chi connectivity index (χ3v) is 6.28. The Balaban J connectivity index is 1.97. The zero-order valence-electron chi connectivity index (χ0n) is 18.6. The Morgan fingerprint density at radius 1 is 1.47 bits per heavy atom. The summed E-state index contributed by atoms with van der Waals surface area (Å²) >= 11 is 0. The van der Waals surface area contributed by atoms with Gasteiger partial charge in [-0.2, -0.15) is 5.26 Å². The fraction of sp³-hybridized carbons (Fsp3) is 0.609. The highest BCUT2D eigenvalue weighted by Gasteiger charge is 2.40. The van der Waals surface area contributed by atoms with Crippen molar-refractivity contribution in [3.8, 4) is 11.8 Å². The second kappa shape index (κ2) is 8.25. The Hall–Kier alpha value is -2.62.